The van der Waals surface area contributed by atoms with Crippen molar-refractivity contribution in [1.29, 1.82) is 0 Å². The predicted molar refractivity (Wildman–Crippen MR) is 94.4 cm³/mol. The van der Waals surface area contributed by atoms with Crippen molar-refractivity contribution in [3.05, 3.63) is 76.2 Å². The van der Waals surface area contributed by atoms with Crippen molar-refractivity contribution in [1.82, 2.24) is 0 Å². The van der Waals surface area contributed by atoms with Crippen molar-refractivity contribution >= 4 is 27.2 Å². The molecule has 1 aliphatic carbocycles. The number of fused-ring (bicyclic) bond motifs is 2. The minimum absolute atomic E-state index is 0.0851. The van der Waals surface area contributed by atoms with E-state index in [9.17, 15) is 9.90 Å². The number of aryl methyl sites for hydroxylation is 1. The third kappa shape index (κ3) is 2.57. The van der Waals surface area contributed by atoms with Gasteiger partial charge in [0.2, 0.25) is 0 Å². The average molecular weight is 320 g/mol. The molecule has 4 rings (SSSR count). The largest absolute Gasteiger partial charge is 0.506 e. The molecular weight excluding hydrogens is 304 g/mol. The zero-order valence-electron chi connectivity index (χ0n) is 12.6. The van der Waals surface area contributed by atoms with Crippen LogP contribution in [-0.2, 0) is 12.8 Å². The summed E-state index contributed by atoms with van der Waals surface area (Å²) < 4.78 is 0.945. The first-order valence-electron chi connectivity index (χ1n) is 7.73. The van der Waals surface area contributed by atoms with E-state index in [1.807, 2.05) is 30.3 Å². The maximum absolute atomic E-state index is 12.6. The minimum atomic E-state index is -0.0851. The Morgan fingerprint density at radius 3 is 2.57 bits per heavy atom. The second kappa shape index (κ2) is 5.67. The van der Waals surface area contributed by atoms with E-state index in [4.69, 9.17) is 0 Å². The fourth-order valence-corrected chi connectivity index (χ4v) is 4.18. The van der Waals surface area contributed by atoms with Gasteiger partial charge in [-0.2, -0.15) is 0 Å². The lowest BCUT2D eigenvalue weighted by Gasteiger charge is -2.18. The van der Waals surface area contributed by atoms with Crippen LogP contribution in [-0.4, -0.2) is 10.9 Å². The van der Waals surface area contributed by atoms with Crippen LogP contribution in [0.1, 0.15) is 27.2 Å². The third-order valence-corrected chi connectivity index (χ3v) is 5.55. The fourth-order valence-electron chi connectivity index (χ4n) is 3.18. The van der Waals surface area contributed by atoms with Crippen molar-refractivity contribution in [3.63, 3.8) is 0 Å². The summed E-state index contributed by atoms with van der Waals surface area (Å²) >= 11 is 1.36. The highest BCUT2D eigenvalue weighted by Gasteiger charge is 2.18. The summed E-state index contributed by atoms with van der Waals surface area (Å²) in [7, 11) is 0. The van der Waals surface area contributed by atoms with Gasteiger partial charge in [-0.05, 0) is 48.6 Å². The maximum atomic E-state index is 12.6. The molecule has 1 aromatic heterocycles. The molecule has 3 heteroatoms. The molecule has 2 aromatic carbocycles. The Bertz CT molecular complexity index is 934. The van der Waals surface area contributed by atoms with Gasteiger partial charge in [-0.3, -0.25) is 4.79 Å². The topological polar surface area (TPSA) is 37.3 Å². The van der Waals surface area contributed by atoms with Crippen LogP contribution in [0.2, 0.25) is 0 Å². The molecule has 0 atom stereocenters. The first-order valence-corrected chi connectivity index (χ1v) is 8.55. The Kier molecular flexibility index (Phi) is 3.50. The summed E-state index contributed by atoms with van der Waals surface area (Å²) in [6, 6.07) is 16.0. The van der Waals surface area contributed by atoms with E-state index in [0.29, 0.717) is 4.88 Å². The predicted octanol–water partition coefficient (Wildman–Crippen LogP) is 4.90. The number of hydrogen-bond donors (Lipinski definition) is 1. The number of ketones is 1. The van der Waals surface area contributed by atoms with Crippen LogP contribution in [0, 0.1) is 0 Å². The van der Waals surface area contributed by atoms with Crippen LogP contribution in [0.3, 0.4) is 0 Å². The van der Waals surface area contributed by atoms with Gasteiger partial charge in [0.25, 0.3) is 0 Å². The van der Waals surface area contributed by atoms with Crippen LogP contribution in [0.4, 0.5) is 0 Å². The highest BCUT2D eigenvalue weighted by molar-refractivity contribution is 7.21. The van der Waals surface area contributed by atoms with E-state index in [0.717, 1.165) is 34.9 Å². The van der Waals surface area contributed by atoms with Gasteiger partial charge >= 0.3 is 0 Å². The molecule has 114 valence electrons. The maximum Gasteiger partial charge on any atom is 0.199 e. The Morgan fingerprint density at radius 2 is 1.74 bits per heavy atom. The van der Waals surface area contributed by atoms with Crippen LogP contribution < -0.4 is 0 Å². The van der Waals surface area contributed by atoms with Gasteiger partial charge in [0.15, 0.2) is 5.78 Å². The zero-order valence-corrected chi connectivity index (χ0v) is 13.4. The van der Waals surface area contributed by atoms with Gasteiger partial charge in [0.05, 0.1) is 0 Å². The van der Waals surface area contributed by atoms with Crippen molar-refractivity contribution < 1.29 is 9.90 Å². The van der Waals surface area contributed by atoms with E-state index in [1.54, 1.807) is 6.08 Å². The number of carbonyl (C=O) groups excluding carboxylic acids is 1. The summed E-state index contributed by atoms with van der Waals surface area (Å²) in [6.07, 6.45) is 4.44. The first kappa shape index (κ1) is 14.2. The quantitative estimate of drug-likeness (QED) is 0.538. The standard InChI is InChI=1S/C20H16O2S/c21-17(20-19(22)16-7-3-4-8-18(16)23-20)12-13-9-10-14-5-1-2-6-15(14)11-13/h1-8,12,22H,9-11H2/b13-12-. The van der Waals surface area contributed by atoms with Gasteiger partial charge in [0, 0.05) is 10.1 Å². The van der Waals surface area contributed by atoms with Gasteiger partial charge in [-0.15, -0.1) is 11.3 Å². The molecule has 0 unspecified atom stereocenters. The second-order valence-electron chi connectivity index (χ2n) is 5.89. The second-order valence-corrected chi connectivity index (χ2v) is 6.94. The Morgan fingerprint density at radius 1 is 1.00 bits per heavy atom. The lowest BCUT2D eigenvalue weighted by molar-refractivity contribution is 0.104. The van der Waals surface area contributed by atoms with Gasteiger partial charge in [0.1, 0.15) is 10.6 Å². The van der Waals surface area contributed by atoms with Crippen molar-refractivity contribution in [2.45, 2.75) is 19.3 Å². The van der Waals surface area contributed by atoms with E-state index < -0.39 is 0 Å². The summed E-state index contributed by atoms with van der Waals surface area (Å²) in [4.78, 5) is 13.0. The monoisotopic (exact) mass is 320 g/mol. The van der Waals surface area contributed by atoms with Crippen molar-refractivity contribution in [2.24, 2.45) is 0 Å². The smallest absolute Gasteiger partial charge is 0.199 e. The summed E-state index contributed by atoms with van der Waals surface area (Å²) in [5, 5.41) is 11.1. The Labute approximate surface area is 138 Å². The molecule has 0 amide bonds. The minimum Gasteiger partial charge on any atom is -0.506 e. The van der Waals surface area contributed by atoms with Crippen LogP contribution in [0.5, 0.6) is 5.75 Å². The molecule has 0 fully saturated rings. The lowest BCUT2D eigenvalue weighted by atomic mass is 9.87. The van der Waals surface area contributed by atoms with E-state index in [2.05, 4.69) is 18.2 Å². The van der Waals surface area contributed by atoms with E-state index in [-0.39, 0.29) is 11.5 Å². The molecule has 1 N–H and O–H groups in total. The molecule has 0 aliphatic heterocycles. The Balaban J connectivity index is 1.66. The van der Waals surface area contributed by atoms with Crippen molar-refractivity contribution in [3.8, 4) is 5.75 Å². The number of aromatic hydroxyl groups is 1. The van der Waals surface area contributed by atoms with Crippen LogP contribution >= 0.6 is 11.3 Å². The molecule has 0 saturated heterocycles. The number of thiophene rings is 1. The highest BCUT2D eigenvalue weighted by atomic mass is 32.1. The molecule has 0 saturated carbocycles. The normalized spacial score (nSPS) is 15.7. The molecule has 3 aromatic rings. The van der Waals surface area contributed by atoms with Crippen LogP contribution in [0.15, 0.2) is 60.2 Å². The number of benzene rings is 2. The summed E-state index contributed by atoms with van der Waals surface area (Å²) in [5.74, 6) is 0.0294. The van der Waals surface area contributed by atoms with Crippen molar-refractivity contribution in [2.75, 3.05) is 0 Å². The van der Waals surface area contributed by atoms with E-state index >= 15 is 0 Å². The van der Waals surface area contributed by atoms with Gasteiger partial charge in [-0.1, -0.05) is 42.0 Å². The highest BCUT2D eigenvalue weighted by Crippen LogP contribution is 2.37. The SMILES string of the molecule is O=C(/C=C1/CCc2ccccc2C1)c1sc2ccccc2c1O. The first-order chi connectivity index (χ1) is 11.2. The molecule has 0 radical (unpaired) electrons. The lowest BCUT2D eigenvalue weighted by Crippen LogP contribution is -2.07. The number of hydrogen-bond acceptors (Lipinski definition) is 3. The molecule has 0 bridgehead atoms. The number of allylic oxidation sites excluding steroid dienone is 2. The van der Waals surface area contributed by atoms with Gasteiger partial charge < -0.3 is 5.11 Å². The molecule has 0 spiro atoms. The fraction of sp³-hybridized carbons (Fsp3) is 0.150. The summed E-state index contributed by atoms with van der Waals surface area (Å²) in [6.45, 7) is 0. The average Bonchev–Trinajstić information content (AvgIpc) is 2.92. The Hall–Kier alpha value is -2.39. The third-order valence-electron chi connectivity index (χ3n) is 4.38. The van der Waals surface area contributed by atoms with Gasteiger partial charge in [-0.25, -0.2) is 0 Å². The molecule has 23 heavy (non-hydrogen) atoms. The number of carbonyl (C=O) groups is 1. The molecule has 1 heterocycles. The van der Waals surface area contributed by atoms with E-state index in [1.165, 1.54) is 22.5 Å². The molecule has 2 nitrogen and oxygen atoms in total. The molecular formula is C20H16O2S. The van der Waals surface area contributed by atoms with Crippen LogP contribution in [0.25, 0.3) is 10.1 Å². The zero-order chi connectivity index (χ0) is 15.8. The molecule has 1 aliphatic rings. The summed E-state index contributed by atoms with van der Waals surface area (Å²) in [5.41, 5.74) is 3.82. The number of rotatable bonds is 2.